The summed E-state index contributed by atoms with van der Waals surface area (Å²) in [7, 11) is 1.59. The van der Waals surface area contributed by atoms with Crippen molar-refractivity contribution in [1.82, 2.24) is 9.97 Å². The molecular formula is C17H18N4O2. The van der Waals surface area contributed by atoms with Crippen molar-refractivity contribution in [3.8, 4) is 5.75 Å². The molecule has 0 aliphatic heterocycles. The molecule has 0 aliphatic carbocycles. The van der Waals surface area contributed by atoms with Gasteiger partial charge in [0.05, 0.1) is 18.7 Å². The molecule has 0 aliphatic rings. The number of ether oxygens (including phenoxy) is 1. The van der Waals surface area contributed by atoms with Crippen molar-refractivity contribution in [2.24, 2.45) is 0 Å². The number of nitrogens with two attached hydrogens (primary N) is 1. The van der Waals surface area contributed by atoms with Crippen molar-refractivity contribution in [2.75, 3.05) is 24.7 Å². The summed E-state index contributed by atoms with van der Waals surface area (Å²) in [5, 5.41) is 14.1. The fourth-order valence-corrected chi connectivity index (χ4v) is 2.33. The Kier molecular flexibility index (Phi) is 4.25. The average molecular weight is 310 g/mol. The highest BCUT2D eigenvalue weighted by molar-refractivity contribution is 5.88. The normalized spacial score (nSPS) is 12.1. The topological polar surface area (TPSA) is 93.3 Å². The molecule has 6 nitrogen and oxygen atoms in total. The molecule has 3 rings (SSSR count). The van der Waals surface area contributed by atoms with Gasteiger partial charge in [-0.1, -0.05) is 24.3 Å². The van der Waals surface area contributed by atoms with Gasteiger partial charge in [0.2, 0.25) is 5.95 Å². The number of aliphatic hydroxyl groups is 1. The largest absolute Gasteiger partial charge is 0.497 e. The Morgan fingerprint density at radius 3 is 2.83 bits per heavy atom. The van der Waals surface area contributed by atoms with Crippen molar-refractivity contribution >= 4 is 22.7 Å². The van der Waals surface area contributed by atoms with Crippen LogP contribution in [0, 0.1) is 0 Å². The summed E-state index contributed by atoms with van der Waals surface area (Å²) in [6.07, 6.45) is -0.707. The van der Waals surface area contributed by atoms with Crippen molar-refractivity contribution in [2.45, 2.75) is 6.10 Å². The number of nitrogens with one attached hydrogen (secondary N) is 1. The minimum Gasteiger partial charge on any atom is -0.497 e. The lowest BCUT2D eigenvalue weighted by Crippen LogP contribution is -2.14. The van der Waals surface area contributed by atoms with Crippen molar-refractivity contribution in [1.29, 1.82) is 0 Å². The number of nitrogens with zero attached hydrogens (tertiary/aromatic N) is 2. The fourth-order valence-electron chi connectivity index (χ4n) is 2.33. The minimum atomic E-state index is -0.707. The summed E-state index contributed by atoms with van der Waals surface area (Å²) in [5.41, 5.74) is 7.46. The minimum absolute atomic E-state index is 0.269. The van der Waals surface area contributed by atoms with Gasteiger partial charge in [-0.15, -0.1) is 0 Å². The highest BCUT2D eigenvalue weighted by Gasteiger charge is 2.10. The molecule has 1 aromatic heterocycles. The van der Waals surface area contributed by atoms with Crippen LogP contribution in [0.5, 0.6) is 5.75 Å². The molecule has 2 aromatic carbocycles. The van der Waals surface area contributed by atoms with Gasteiger partial charge in [-0.2, -0.15) is 4.98 Å². The van der Waals surface area contributed by atoms with Crippen molar-refractivity contribution in [3.63, 3.8) is 0 Å². The van der Waals surface area contributed by atoms with Gasteiger partial charge >= 0.3 is 0 Å². The molecule has 0 spiro atoms. The standard InChI is InChI=1S/C17H18N4O2/c1-23-12-6-4-5-11(9-12)15(22)10-19-17-20-14-8-3-2-7-13(14)16(18)21-17/h2-9,15,22H,10H2,1H3,(H3,18,19,20,21). The first-order valence-electron chi connectivity index (χ1n) is 7.25. The lowest BCUT2D eigenvalue weighted by atomic mass is 10.1. The van der Waals surface area contributed by atoms with E-state index in [1.54, 1.807) is 13.2 Å². The van der Waals surface area contributed by atoms with E-state index in [2.05, 4.69) is 15.3 Å². The number of hydrogen-bond acceptors (Lipinski definition) is 6. The van der Waals surface area contributed by atoms with Gasteiger partial charge in [-0.05, 0) is 29.8 Å². The van der Waals surface area contributed by atoms with Crippen LogP contribution in [0.3, 0.4) is 0 Å². The Hall–Kier alpha value is -2.86. The number of methoxy groups -OCH3 is 1. The van der Waals surface area contributed by atoms with Crippen molar-refractivity contribution < 1.29 is 9.84 Å². The second kappa shape index (κ2) is 6.50. The number of aromatic nitrogens is 2. The van der Waals surface area contributed by atoms with E-state index in [0.717, 1.165) is 16.5 Å². The van der Waals surface area contributed by atoms with Crippen LogP contribution in [-0.4, -0.2) is 28.7 Å². The Morgan fingerprint density at radius 2 is 2.00 bits per heavy atom. The van der Waals surface area contributed by atoms with Gasteiger partial charge < -0.3 is 20.9 Å². The summed E-state index contributed by atoms with van der Waals surface area (Å²) in [6, 6.07) is 14.8. The van der Waals surface area contributed by atoms with Gasteiger partial charge in [0.15, 0.2) is 0 Å². The van der Waals surface area contributed by atoms with E-state index in [9.17, 15) is 5.11 Å². The first-order valence-corrected chi connectivity index (χ1v) is 7.25. The van der Waals surface area contributed by atoms with E-state index in [1.807, 2.05) is 42.5 Å². The third-order valence-corrected chi connectivity index (χ3v) is 3.56. The van der Waals surface area contributed by atoms with Gasteiger partial charge in [0.25, 0.3) is 0 Å². The molecule has 0 saturated heterocycles. The number of rotatable bonds is 5. The van der Waals surface area contributed by atoms with Crippen LogP contribution in [0.4, 0.5) is 11.8 Å². The first-order chi connectivity index (χ1) is 11.2. The van der Waals surface area contributed by atoms with Crippen LogP contribution in [0.15, 0.2) is 48.5 Å². The van der Waals surface area contributed by atoms with Crippen molar-refractivity contribution in [3.05, 3.63) is 54.1 Å². The Balaban J connectivity index is 1.74. The van der Waals surface area contributed by atoms with E-state index in [4.69, 9.17) is 10.5 Å². The number of para-hydroxylation sites is 1. The lowest BCUT2D eigenvalue weighted by molar-refractivity contribution is 0.191. The zero-order chi connectivity index (χ0) is 16.2. The number of fused-ring (bicyclic) bond motifs is 1. The van der Waals surface area contributed by atoms with E-state index in [1.165, 1.54) is 0 Å². The zero-order valence-corrected chi connectivity index (χ0v) is 12.7. The maximum absolute atomic E-state index is 10.3. The molecule has 118 valence electrons. The smallest absolute Gasteiger partial charge is 0.225 e. The van der Waals surface area contributed by atoms with Gasteiger partial charge in [0.1, 0.15) is 11.6 Å². The first kappa shape index (κ1) is 15.1. The average Bonchev–Trinajstić information content (AvgIpc) is 2.60. The second-order valence-corrected chi connectivity index (χ2v) is 5.12. The Morgan fingerprint density at radius 1 is 1.17 bits per heavy atom. The molecule has 1 heterocycles. The van der Waals surface area contributed by atoms with Crippen LogP contribution in [0.1, 0.15) is 11.7 Å². The van der Waals surface area contributed by atoms with Crippen LogP contribution in [0.25, 0.3) is 10.9 Å². The second-order valence-electron chi connectivity index (χ2n) is 5.12. The predicted molar refractivity (Wildman–Crippen MR) is 90.4 cm³/mol. The maximum atomic E-state index is 10.3. The van der Waals surface area contributed by atoms with E-state index < -0.39 is 6.10 Å². The molecule has 6 heteroatoms. The Bertz CT molecular complexity index is 823. The zero-order valence-electron chi connectivity index (χ0n) is 12.7. The number of aliphatic hydroxyl groups excluding tert-OH is 1. The van der Waals surface area contributed by atoms with Gasteiger partial charge in [0, 0.05) is 11.9 Å². The molecule has 1 unspecified atom stereocenters. The van der Waals surface area contributed by atoms with Crippen LogP contribution in [0.2, 0.25) is 0 Å². The number of benzene rings is 2. The molecule has 3 aromatic rings. The SMILES string of the molecule is COc1cccc(C(O)CNc2nc(N)c3ccccc3n2)c1. The fraction of sp³-hybridized carbons (Fsp3) is 0.176. The van der Waals surface area contributed by atoms with Crippen LogP contribution >= 0.6 is 0 Å². The molecule has 0 bridgehead atoms. The molecule has 0 fully saturated rings. The molecule has 0 radical (unpaired) electrons. The number of anilines is 2. The molecule has 0 amide bonds. The number of hydrogen-bond donors (Lipinski definition) is 3. The van der Waals surface area contributed by atoms with E-state index in [-0.39, 0.29) is 6.54 Å². The maximum Gasteiger partial charge on any atom is 0.225 e. The highest BCUT2D eigenvalue weighted by Crippen LogP contribution is 2.21. The number of nitrogen functional groups attached to an aromatic ring is 1. The third-order valence-electron chi connectivity index (χ3n) is 3.56. The van der Waals surface area contributed by atoms with Gasteiger partial charge in [-0.3, -0.25) is 0 Å². The molecule has 4 N–H and O–H groups in total. The van der Waals surface area contributed by atoms with E-state index >= 15 is 0 Å². The molecule has 23 heavy (non-hydrogen) atoms. The summed E-state index contributed by atoms with van der Waals surface area (Å²) in [4.78, 5) is 8.62. The monoisotopic (exact) mass is 310 g/mol. The third kappa shape index (κ3) is 3.32. The molecular weight excluding hydrogens is 292 g/mol. The summed E-state index contributed by atoms with van der Waals surface area (Å²) < 4.78 is 5.16. The van der Waals surface area contributed by atoms with Crippen LogP contribution in [-0.2, 0) is 0 Å². The molecule has 0 saturated carbocycles. The predicted octanol–water partition coefficient (Wildman–Crippen LogP) is 2.37. The lowest BCUT2D eigenvalue weighted by Gasteiger charge is -2.13. The van der Waals surface area contributed by atoms with E-state index in [0.29, 0.717) is 17.5 Å². The summed E-state index contributed by atoms with van der Waals surface area (Å²) >= 11 is 0. The summed E-state index contributed by atoms with van der Waals surface area (Å²) in [5.74, 6) is 1.50. The Labute approximate surface area is 134 Å². The summed E-state index contributed by atoms with van der Waals surface area (Å²) in [6.45, 7) is 0.269. The highest BCUT2D eigenvalue weighted by atomic mass is 16.5. The molecule has 1 atom stereocenters. The quantitative estimate of drug-likeness (QED) is 0.670. The van der Waals surface area contributed by atoms with Gasteiger partial charge in [-0.25, -0.2) is 4.98 Å². The van der Waals surface area contributed by atoms with Crippen LogP contribution < -0.4 is 15.8 Å².